The van der Waals surface area contributed by atoms with Gasteiger partial charge in [0.1, 0.15) is 5.75 Å². The SMILES string of the molecule is CC(C(=O)O)(C(=O)C(Br)Oc1ccc(Cl)cc1)c1ccc(Cl)cc1. The van der Waals surface area contributed by atoms with Crippen LogP contribution in [-0.4, -0.2) is 21.9 Å². The molecule has 0 fully saturated rings. The first-order valence-electron chi connectivity index (χ1n) is 6.85. The van der Waals surface area contributed by atoms with Crippen LogP contribution in [-0.2, 0) is 15.0 Å². The monoisotopic (exact) mass is 430 g/mol. The molecule has 7 heteroatoms. The highest BCUT2D eigenvalue weighted by atomic mass is 79.9. The molecule has 0 aliphatic carbocycles. The zero-order chi connectivity index (χ0) is 17.9. The predicted octanol–water partition coefficient (Wildman–Crippen LogP) is 4.70. The van der Waals surface area contributed by atoms with Gasteiger partial charge in [-0.15, -0.1) is 0 Å². The fourth-order valence-corrected chi connectivity index (χ4v) is 2.99. The minimum absolute atomic E-state index is 0.313. The van der Waals surface area contributed by atoms with Crippen molar-refractivity contribution in [3.63, 3.8) is 0 Å². The Balaban J connectivity index is 2.29. The lowest BCUT2D eigenvalue weighted by atomic mass is 9.79. The summed E-state index contributed by atoms with van der Waals surface area (Å²) < 4.78 is 5.49. The lowest BCUT2D eigenvalue weighted by molar-refractivity contribution is -0.149. The van der Waals surface area contributed by atoms with E-state index in [4.69, 9.17) is 27.9 Å². The van der Waals surface area contributed by atoms with Gasteiger partial charge < -0.3 is 9.84 Å². The summed E-state index contributed by atoms with van der Waals surface area (Å²) in [6.45, 7) is 1.33. The van der Waals surface area contributed by atoms with Crippen LogP contribution in [0.2, 0.25) is 10.0 Å². The van der Waals surface area contributed by atoms with Crippen molar-refractivity contribution >= 4 is 50.9 Å². The molecule has 0 radical (unpaired) electrons. The van der Waals surface area contributed by atoms with E-state index < -0.39 is 22.2 Å². The molecule has 1 N–H and O–H groups in total. The smallest absolute Gasteiger partial charge is 0.321 e. The second-order valence-electron chi connectivity index (χ2n) is 5.19. The largest absolute Gasteiger partial charge is 0.480 e. The summed E-state index contributed by atoms with van der Waals surface area (Å²) in [5.74, 6) is -1.54. The number of hydrogen-bond donors (Lipinski definition) is 1. The van der Waals surface area contributed by atoms with Gasteiger partial charge in [0.2, 0.25) is 10.8 Å². The Morgan fingerprint density at radius 2 is 1.50 bits per heavy atom. The van der Waals surface area contributed by atoms with Gasteiger partial charge in [-0.25, -0.2) is 0 Å². The second kappa shape index (κ2) is 7.55. The number of Topliss-reactive ketones (excluding diaryl/α,β-unsaturated/α-hetero) is 1. The topological polar surface area (TPSA) is 63.6 Å². The number of carboxylic acids is 1. The lowest BCUT2D eigenvalue weighted by Crippen LogP contribution is -2.46. The van der Waals surface area contributed by atoms with Crippen molar-refractivity contribution in [1.29, 1.82) is 0 Å². The summed E-state index contributed by atoms with van der Waals surface area (Å²) in [7, 11) is 0. The molecule has 0 aromatic heterocycles. The Morgan fingerprint density at radius 1 is 1.04 bits per heavy atom. The number of aliphatic carboxylic acids is 1. The Bertz CT molecular complexity index is 746. The molecule has 2 atom stereocenters. The Labute approximate surface area is 157 Å². The summed E-state index contributed by atoms with van der Waals surface area (Å²) in [6.07, 6.45) is 0. The Hall–Kier alpha value is -1.56. The molecule has 0 saturated heterocycles. The van der Waals surface area contributed by atoms with E-state index in [0.717, 1.165) is 0 Å². The predicted molar refractivity (Wildman–Crippen MR) is 96.2 cm³/mol. The van der Waals surface area contributed by atoms with Crippen LogP contribution in [0.15, 0.2) is 48.5 Å². The van der Waals surface area contributed by atoms with E-state index in [2.05, 4.69) is 15.9 Å². The van der Waals surface area contributed by atoms with Crippen LogP contribution in [0.5, 0.6) is 5.75 Å². The normalized spacial score (nSPS) is 14.5. The number of ether oxygens (including phenoxy) is 1. The maximum Gasteiger partial charge on any atom is 0.321 e. The molecule has 0 aliphatic heterocycles. The van der Waals surface area contributed by atoms with Crippen LogP contribution in [0.4, 0.5) is 0 Å². The number of carbonyl (C=O) groups is 2. The number of halogens is 3. The van der Waals surface area contributed by atoms with Gasteiger partial charge >= 0.3 is 5.97 Å². The zero-order valence-electron chi connectivity index (χ0n) is 12.5. The number of hydrogen-bond acceptors (Lipinski definition) is 3. The number of alkyl halides is 1. The average Bonchev–Trinajstić information content (AvgIpc) is 2.56. The van der Waals surface area contributed by atoms with Crippen molar-refractivity contribution in [2.45, 2.75) is 17.4 Å². The molecule has 24 heavy (non-hydrogen) atoms. The number of carboxylic acid groups (broad SMARTS) is 1. The molecule has 0 spiro atoms. The van der Waals surface area contributed by atoms with Crippen molar-refractivity contribution in [1.82, 2.24) is 0 Å². The van der Waals surface area contributed by atoms with Gasteiger partial charge in [-0.1, -0.05) is 35.3 Å². The van der Waals surface area contributed by atoms with E-state index in [0.29, 0.717) is 21.4 Å². The summed E-state index contributed by atoms with van der Waals surface area (Å²) in [5, 5.41) is 9.46. The van der Waals surface area contributed by atoms with Gasteiger partial charge in [0.15, 0.2) is 5.41 Å². The highest BCUT2D eigenvalue weighted by Gasteiger charge is 2.46. The van der Waals surface area contributed by atoms with Crippen LogP contribution in [0.25, 0.3) is 0 Å². The fourth-order valence-electron chi connectivity index (χ4n) is 2.07. The summed E-state index contributed by atoms with van der Waals surface area (Å²) in [4.78, 5) is 24.6. The van der Waals surface area contributed by atoms with Crippen molar-refractivity contribution in [3.8, 4) is 5.75 Å². The minimum Gasteiger partial charge on any atom is -0.480 e. The van der Waals surface area contributed by atoms with Crippen molar-refractivity contribution in [2.24, 2.45) is 0 Å². The molecule has 2 unspecified atom stereocenters. The molecule has 0 heterocycles. The molecule has 126 valence electrons. The highest BCUT2D eigenvalue weighted by Crippen LogP contribution is 2.31. The third-order valence-corrected chi connectivity index (χ3v) is 4.71. The van der Waals surface area contributed by atoms with E-state index in [9.17, 15) is 14.7 Å². The molecule has 0 amide bonds. The molecular formula is C17H13BrCl2O4. The van der Waals surface area contributed by atoms with Gasteiger partial charge in [0, 0.05) is 10.0 Å². The number of benzene rings is 2. The van der Waals surface area contributed by atoms with Crippen molar-refractivity contribution in [2.75, 3.05) is 0 Å². The molecule has 2 aromatic carbocycles. The van der Waals surface area contributed by atoms with Gasteiger partial charge in [0.25, 0.3) is 0 Å². The third kappa shape index (κ3) is 3.91. The molecule has 0 saturated carbocycles. The standard InChI is InChI=1S/C17H13BrCl2O4/c1-17(16(22)23,10-2-4-11(19)5-3-10)14(21)15(18)24-13-8-6-12(20)7-9-13/h2-9,15H,1H3,(H,22,23). The molecule has 2 rings (SSSR count). The number of ketones is 1. The molecule has 4 nitrogen and oxygen atoms in total. The van der Waals surface area contributed by atoms with Gasteiger partial charge in [0.05, 0.1) is 0 Å². The summed E-state index contributed by atoms with van der Waals surface area (Å²) in [6, 6.07) is 12.5. The maximum atomic E-state index is 12.8. The molecular weight excluding hydrogens is 419 g/mol. The molecule has 0 bridgehead atoms. The first kappa shape index (κ1) is 18.8. The maximum absolute atomic E-state index is 12.8. The van der Waals surface area contributed by atoms with E-state index in [-0.39, 0.29) is 0 Å². The van der Waals surface area contributed by atoms with Crippen LogP contribution in [0, 0.1) is 0 Å². The highest BCUT2D eigenvalue weighted by molar-refractivity contribution is 9.09. The molecule has 0 aliphatic rings. The quantitative estimate of drug-likeness (QED) is 0.531. The van der Waals surface area contributed by atoms with Crippen molar-refractivity contribution < 1.29 is 19.4 Å². The Morgan fingerprint density at radius 3 is 1.96 bits per heavy atom. The van der Waals surface area contributed by atoms with Crippen LogP contribution >= 0.6 is 39.1 Å². The fraction of sp³-hybridized carbons (Fsp3) is 0.176. The summed E-state index contributed by atoms with van der Waals surface area (Å²) in [5.41, 5.74) is -1.47. The lowest BCUT2D eigenvalue weighted by Gasteiger charge is -2.26. The average molecular weight is 432 g/mol. The Kier molecular flexibility index (Phi) is 5.91. The number of carbonyl (C=O) groups excluding carboxylic acids is 1. The summed E-state index contributed by atoms with van der Waals surface area (Å²) >= 11 is 14.7. The van der Waals surface area contributed by atoms with E-state index in [1.807, 2.05) is 0 Å². The van der Waals surface area contributed by atoms with Gasteiger partial charge in [-0.05, 0) is 64.8 Å². The van der Waals surface area contributed by atoms with Crippen LogP contribution < -0.4 is 4.74 Å². The first-order chi connectivity index (χ1) is 11.2. The first-order valence-corrected chi connectivity index (χ1v) is 8.52. The second-order valence-corrected chi connectivity index (χ2v) is 6.89. The van der Waals surface area contributed by atoms with E-state index >= 15 is 0 Å². The van der Waals surface area contributed by atoms with Crippen LogP contribution in [0.1, 0.15) is 12.5 Å². The van der Waals surface area contributed by atoms with Crippen LogP contribution in [0.3, 0.4) is 0 Å². The van der Waals surface area contributed by atoms with Gasteiger partial charge in [-0.2, -0.15) is 0 Å². The minimum atomic E-state index is -1.79. The van der Waals surface area contributed by atoms with E-state index in [1.54, 1.807) is 24.3 Å². The number of rotatable bonds is 6. The third-order valence-electron chi connectivity index (χ3n) is 3.60. The van der Waals surface area contributed by atoms with Gasteiger partial charge in [-0.3, -0.25) is 9.59 Å². The zero-order valence-corrected chi connectivity index (χ0v) is 15.6. The van der Waals surface area contributed by atoms with E-state index in [1.165, 1.54) is 31.2 Å². The molecule has 2 aromatic rings. The van der Waals surface area contributed by atoms with Crippen molar-refractivity contribution in [3.05, 3.63) is 64.1 Å².